The van der Waals surface area contributed by atoms with Crippen LogP contribution in [0, 0.1) is 5.82 Å². The smallest absolute Gasteiger partial charge is 0.266 e. The Balaban J connectivity index is 0.00000225. The summed E-state index contributed by atoms with van der Waals surface area (Å²) in [6.45, 7) is 1.32. The number of anilines is 1. The van der Waals surface area contributed by atoms with Gasteiger partial charge in [0.2, 0.25) is 11.8 Å². The number of rotatable bonds is 4. The van der Waals surface area contributed by atoms with E-state index in [0.29, 0.717) is 25.1 Å². The highest BCUT2D eigenvalue weighted by Crippen LogP contribution is 2.28. The molecule has 2 heterocycles. The number of halogens is 2. The second kappa shape index (κ2) is 8.09. The Bertz CT molecular complexity index is 766. The maximum atomic E-state index is 14.7. The lowest BCUT2D eigenvalue weighted by Gasteiger charge is -2.19. The van der Waals surface area contributed by atoms with Gasteiger partial charge in [-0.15, -0.1) is 12.4 Å². The van der Waals surface area contributed by atoms with Crippen LogP contribution in [0.4, 0.5) is 10.1 Å². The topological polar surface area (TPSA) is 85.4 Å². The molecule has 1 aromatic carbocycles. The third-order valence-corrected chi connectivity index (χ3v) is 3.85. The van der Waals surface area contributed by atoms with Gasteiger partial charge < -0.3 is 20.1 Å². The van der Waals surface area contributed by atoms with Gasteiger partial charge in [0, 0.05) is 6.54 Å². The summed E-state index contributed by atoms with van der Waals surface area (Å²) in [4.78, 5) is 20.3. The van der Waals surface area contributed by atoms with Gasteiger partial charge in [-0.05, 0) is 30.2 Å². The highest BCUT2D eigenvalue weighted by Gasteiger charge is 2.23. The number of nitrogens with one attached hydrogen (secondary N) is 2. The molecule has 0 saturated carbocycles. The van der Waals surface area contributed by atoms with Gasteiger partial charge in [-0.3, -0.25) is 4.79 Å². The van der Waals surface area contributed by atoms with E-state index in [2.05, 4.69) is 20.6 Å². The summed E-state index contributed by atoms with van der Waals surface area (Å²) in [7, 11) is 2.76. The lowest BCUT2D eigenvalue weighted by Crippen LogP contribution is -2.25. The molecule has 134 valence electrons. The van der Waals surface area contributed by atoms with E-state index in [9.17, 15) is 9.18 Å². The highest BCUT2D eigenvalue weighted by molar-refractivity contribution is 6.07. The summed E-state index contributed by atoms with van der Waals surface area (Å²) in [6, 6.07) is 3.35. The SMILES string of the molecule is COc1ncnc(OC)c1C(=O)Nc1ccc2c(c1F)CCNC2.Cl. The molecule has 1 aliphatic rings. The van der Waals surface area contributed by atoms with Gasteiger partial charge in [0.1, 0.15) is 12.1 Å². The molecule has 9 heteroatoms. The van der Waals surface area contributed by atoms with Gasteiger partial charge in [0.15, 0.2) is 5.56 Å². The van der Waals surface area contributed by atoms with Crippen LogP contribution in [0.3, 0.4) is 0 Å². The van der Waals surface area contributed by atoms with E-state index in [1.165, 1.54) is 20.5 Å². The quantitative estimate of drug-likeness (QED) is 0.858. The summed E-state index contributed by atoms with van der Waals surface area (Å²) in [5.74, 6) is -0.905. The van der Waals surface area contributed by atoms with Crippen molar-refractivity contribution in [3.63, 3.8) is 0 Å². The van der Waals surface area contributed by atoms with Crippen molar-refractivity contribution in [3.8, 4) is 11.8 Å². The van der Waals surface area contributed by atoms with Crippen LogP contribution in [0.1, 0.15) is 21.5 Å². The molecule has 25 heavy (non-hydrogen) atoms. The number of benzene rings is 1. The van der Waals surface area contributed by atoms with Crippen molar-refractivity contribution in [1.82, 2.24) is 15.3 Å². The Morgan fingerprint density at radius 2 is 1.92 bits per heavy atom. The molecule has 0 fully saturated rings. The minimum atomic E-state index is -0.600. The van der Waals surface area contributed by atoms with Gasteiger partial charge >= 0.3 is 0 Å². The van der Waals surface area contributed by atoms with Gasteiger partial charge in [0.25, 0.3) is 5.91 Å². The number of fused-ring (bicyclic) bond motifs is 1. The summed E-state index contributed by atoms with van der Waals surface area (Å²) in [6.07, 6.45) is 1.80. The van der Waals surface area contributed by atoms with Crippen LogP contribution in [-0.2, 0) is 13.0 Å². The van der Waals surface area contributed by atoms with E-state index >= 15 is 0 Å². The number of hydrogen-bond acceptors (Lipinski definition) is 6. The molecule has 1 aliphatic heterocycles. The van der Waals surface area contributed by atoms with Crippen LogP contribution < -0.4 is 20.1 Å². The summed E-state index contributed by atoms with van der Waals surface area (Å²) >= 11 is 0. The predicted molar refractivity (Wildman–Crippen MR) is 92.1 cm³/mol. The van der Waals surface area contributed by atoms with Crippen LogP contribution >= 0.6 is 12.4 Å². The van der Waals surface area contributed by atoms with Crippen molar-refractivity contribution in [2.45, 2.75) is 13.0 Å². The Hall–Kier alpha value is -2.45. The van der Waals surface area contributed by atoms with Crippen molar-refractivity contribution in [3.05, 3.63) is 41.0 Å². The lowest BCUT2D eigenvalue weighted by atomic mass is 9.99. The molecule has 1 aromatic heterocycles. The largest absolute Gasteiger partial charge is 0.480 e. The number of nitrogens with zero attached hydrogens (tertiary/aromatic N) is 2. The summed E-state index contributed by atoms with van der Waals surface area (Å²) in [5.41, 5.74) is 1.64. The zero-order valence-electron chi connectivity index (χ0n) is 13.8. The molecule has 2 N–H and O–H groups in total. The van der Waals surface area contributed by atoms with Crippen LogP contribution in [0.25, 0.3) is 0 Å². The van der Waals surface area contributed by atoms with E-state index in [1.54, 1.807) is 12.1 Å². The second-order valence-electron chi connectivity index (χ2n) is 5.21. The van der Waals surface area contributed by atoms with E-state index in [4.69, 9.17) is 9.47 Å². The van der Waals surface area contributed by atoms with Crippen molar-refractivity contribution in [2.75, 3.05) is 26.1 Å². The number of hydrogen-bond donors (Lipinski definition) is 2. The number of carbonyl (C=O) groups excluding carboxylic acids is 1. The fraction of sp³-hybridized carbons (Fsp3) is 0.312. The molecule has 0 spiro atoms. The van der Waals surface area contributed by atoms with Gasteiger partial charge in [0.05, 0.1) is 19.9 Å². The van der Waals surface area contributed by atoms with Crippen molar-refractivity contribution >= 4 is 24.0 Å². The third kappa shape index (κ3) is 3.64. The van der Waals surface area contributed by atoms with Crippen LogP contribution in [0.15, 0.2) is 18.5 Å². The first-order valence-electron chi connectivity index (χ1n) is 7.41. The molecular weight excluding hydrogens is 351 g/mol. The maximum Gasteiger partial charge on any atom is 0.266 e. The van der Waals surface area contributed by atoms with Crippen LogP contribution in [0.2, 0.25) is 0 Å². The zero-order valence-corrected chi connectivity index (χ0v) is 14.6. The van der Waals surface area contributed by atoms with Gasteiger partial charge in [-0.2, -0.15) is 0 Å². The molecule has 0 saturated heterocycles. The number of ether oxygens (including phenoxy) is 2. The molecule has 0 unspecified atom stereocenters. The number of carbonyl (C=O) groups is 1. The second-order valence-corrected chi connectivity index (χ2v) is 5.21. The first-order valence-corrected chi connectivity index (χ1v) is 7.41. The van der Waals surface area contributed by atoms with E-state index in [-0.39, 0.29) is 35.4 Å². The molecule has 3 rings (SSSR count). The molecule has 1 amide bonds. The fourth-order valence-electron chi connectivity index (χ4n) is 2.67. The minimum absolute atomic E-state index is 0. The molecule has 0 radical (unpaired) electrons. The van der Waals surface area contributed by atoms with Crippen LogP contribution in [0.5, 0.6) is 11.8 Å². The van der Waals surface area contributed by atoms with E-state index in [1.807, 2.05) is 0 Å². The van der Waals surface area contributed by atoms with Crippen molar-refractivity contribution < 1.29 is 18.7 Å². The molecular formula is C16H18ClFN4O3. The molecule has 0 atom stereocenters. The number of methoxy groups -OCH3 is 2. The first-order chi connectivity index (χ1) is 11.7. The predicted octanol–water partition coefficient (Wildman–Crippen LogP) is 1.95. The average molecular weight is 369 g/mol. The molecule has 7 nitrogen and oxygen atoms in total. The maximum absolute atomic E-state index is 14.7. The first kappa shape index (κ1) is 18.9. The van der Waals surface area contributed by atoms with E-state index < -0.39 is 11.7 Å². The van der Waals surface area contributed by atoms with E-state index in [0.717, 1.165) is 5.56 Å². The standard InChI is InChI=1S/C16H17FN4O3.ClH/c1-23-15-12(16(24-2)20-8-19-15)14(22)21-11-4-3-9-7-18-6-5-10(9)13(11)17;/h3-4,8,18H,5-7H2,1-2H3,(H,21,22);1H. The Morgan fingerprint density at radius 3 is 2.56 bits per heavy atom. The molecule has 0 aliphatic carbocycles. The highest BCUT2D eigenvalue weighted by atomic mass is 35.5. The zero-order chi connectivity index (χ0) is 17.1. The lowest BCUT2D eigenvalue weighted by molar-refractivity contribution is 0.101. The average Bonchev–Trinajstić information content (AvgIpc) is 2.63. The fourth-order valence-corrected chi connectivity index (χ4v) is 2.67. The summed E-state index contributed by atoms with van der Waals surface area (Å²) in [5, 5.41) is 5.73. The molecule has 2 aromatic rings. The Labute approximate surface area is 150 Å². The molecule has 0 bridgehead atoms. The Kier molecular flexibility index (Phi) is 6.11. The normalized spacial score (nSPS) is 12.6. The minimum Gasteiger partial charge on any atom is -0.480 e. The van der Waals surface area contributed by atoms with Crippen LogP contribution in [-0.4, -0.2) is 36.6 Å². The van der Waals surface area contributed by atoms with Gasteiger partial charge in [-0.25, -0.2) is 14.4 Å². The number of aromatic nitrogens is 2. The third-order valence-electron chi connectivity index (χ3n) is 3.85. The van der Waals surface area contributed by atoms with Crippen molar-refractivity contribution in [2.24, 2.45) is 0 Å². The van der Waals surface area contributed by atoms with Crippen molar-refractivity contribution in [1.29, 1.82) is 0 Å². The summed E-state index contributed by atoms with van der Waals surface area (Å²) < 4.78 is 24.8. The number of amides is 1. The monoisotopic (exact) mass is 368 g/mol. The Morgan fingerprint density at radius 1 is 1.24 bits per heavy atom. The van der Waals surface area contributed by atoms with Gasteiger partial charge in [-0.1, -0.05) is 6.07 Å².